The second-order valence-electron chi connectivity index (χ2n) is 4.36. The minimum Gasteiger partial charge on any atom is -0.393 e. The number of aliphatic hydroxyl groups is 1. The average Bonchev–Trinajstić information content (AvgIpc) is 2.21. The van der Waals surface area contributed by atoms with Crippen LogP contribution in [0.1, 0.15) is 23.2 Å². The molecule has 0 radical (unpaired) electrons. The van der Waals surface area contributed by atoms with Gasteiger partial charge in [-0.15, -0.1) is 0 Å². The minimum atomic E-state index is -0.441. The van der Waals surface area contributed by atoms with Crippen molar-refractivity contribution in [3.8, 4) is 0 Å². The molecule has 0 aliphatic heterocycles. The summed E-state index contributed by atoms with van der Waals surface area (Å²) < 4.78 is 13.6. The van der Waals surface area contributed by atoms with E-state index in [4.69, 9.17) is 5.11 Å². The molecule has 1 aliphatic rings. The molecule has 1 amide bonds. The maximum Gasteiger partial charge on any atom is 0.251 e. The first-order valence-electron chi connectivity index (χ1n) is 5.47. The van der Waals surface area contributed by atoms with E-state index in [1.165, 1.54) is 12.1 Å². The van der Waals surface area contributed by atoms with Crippen molar-refractivity contribution in [1.29, 1.82) is 0 Å². The number of halogens is 2. The smallest absolute Gasteiger partial charge is 0.251 e. The van der Waals surface area contributed by atoms with Crippen molar-refractivity contribution in [1.82, 2.24) is 5.32 Å². The molecule has 1 aromatic rings. The van der Waals surface area contributed by atoms with E-state index in [0.717, 1.165) is 12.8 Å². The Morgan fingerprint density at radius 1 is 1.47 bits per heavy atom. The zero-order chi connectivity index (χ0) is 12.4. The molecule has 0 spiro atoms. The van der Waals surface area contributed by atoms with E-state index in [-0.39, 0.29) is 12.0 Å². The number of hydrogen-bond donors (Lipinski definition) is 2. The number of benzene rings is 1. The van der Waals surface area contributed by atoms with Gasteiger partial charge in [0.05, 0.1) is 6.10 Å². The van der Waals surface area contributed by atoms with Crippen molar-refractivity contribution in [2.45, 2.75) is 18.9 Å². The Hall–Kier alpha value is -0.940. The van der Waals surface area contributed by atoms with Crippen molar-refractivity contribution in [3.63, 3.8) is 0 Å². The molecular formula is C12H13BrFNO2. The first-order chi connectivity index (χ1) is 8.04. The zero-order valence-electron chi connectivity index (χ0n) is 9.12. The molecule has 1 aliphatic carbocycles. The summed E-state index contributed by atoms with van der Waals surface area (Å²) in [6, 6.07) is 4.09. The SMILES string of the molecule is O=C(NCC1CC(O)C1)c1cc(F)cc(Br)c1. The Labute approximate surface area is 107 Å². The van der Waals surface area contributed by atoms with Gasteiger partial charge in [-0.1, -0.05) is 15.9 Å². The average molecular weight is 302 g/mol. The number of aliphatic hydroxyl groups excluding tert-OH is 1. The molecule has 0 bridgehead atoms. The fourth-order valence-electron chi connectivity index (χ4n) is 1.89. The van der Waals surface area contributed by atoms with Crippen LogP contribution in [0.4, 0.5) is 4.39 Å². The van der Waals surface area contributed by atoms with Gasteiger partial charge in [-0.2, -0.15) is 0 Å². The van der Waals surface area contributed by atoms with Gasteiger partial charge in [-0.05, 0) is 37.0 Å². The molecule has 5 heteroatoms. The van der Waals surface area contributed by atoms with Crippen molar-refractivity contribution in [2.75, 3.05) is 6.54 Å². The van der Waals surface area contributed by atoms with Crippen LogP contribution in [0.15, 0.2) is 22.7 Å². The lowest BCUT2D eigenvalue weighted by atomic mass is 9.82. The summed E-state index contributed by atoms with van der Waals surface area (Å²) in [5, 5.41) is 11.8. The van der Waals surface area contributed by atoms with Gasteiger partial charge in [0.2, 0.25) is 0 Å². The third-order valence-electron chi connectivity index (χ3n) is 2.89. The fourth-order valence-corrected chi connectivity index (χ4v) is 2.36. The quantitative estimate of drug-likeness (QED) is 0.898. The number of rotatable bonds is 3. The van der Waals surface area contributed by atoms with Crippen LogP contribution in [-0.4, -0.2) is 23.7 Å². The van der Waals surface area contributed by atoms with Crippen molar-refractivity contribution in [2.24, 2.45) is 5.92 Å². The molecule has 1 saturated carbocycles. The van der Waals surface area contributed by atoms with E-state index in [2.05, 4.69) is 21.2 Å². The fraction of sp³-hybridized carbons (Fsp3) is 0.417. The molecule has 0 saturated heterocycles. The predicted octanol–water partition coefficient (Wildman–Crippen LogP) is 2.09. The summed E-state index contributed by atoms with van der Waals surface area (Å²) in [5.74, 6) is -0.388. The molecule has 0 unspecified atom stereocenters. The van der Waals surface area contributed by atoms with Gasteiger partial charge in [0.15, 0.2) is 0 Å². The van der Waals surface area contributed by atoms with Crippen molar-refractivity contribution < 1.29 is 14.3 Å². The van der Waals surface area contributed by atoms with Gasteiger partial charge < -0.3 is 10.4 Å². The number of hydrogen-bond acceptors (Lipinski definition) is 2. The predicted molar refractivity (Wildman–Crippen MR) is 65.2 cm³/mol. The second kappa shape index (κ2) is 5.14. The van der Waals surface area contributed by atoms with Crippen LogP contribution >= 0.6 is 15.9 Å². The van der Waals surface area contributed by atoms with Gasteiger partial charge in [-0.3, -0.25) is 4.79 Å². The molecule has 17 heavy (non-hydrogen) atoms. The molecule has 2 rings (SSSR count). The lowest BCUT2D eigenvalue weighted by molar-refractivity contribution is 0.0420. The molecule has 92 valence electrons. The molecule has 0 heterocycles. The Bertz CT molecular complexity index is 412. The summed E-state index contributed by atoms with van der Waals surface area (Å²) in [7, 11) is 0. The zero-order valence-corrected chi connectivity index (χ0v) is 10.7. The highest BCUT2D eigenvalue weighted by Crippen LogP contribution is 2.26. The first kappa shape index (κ1) is 12.5. The normalized spacial score (nSPS) is 23.0. The highest BCUT2D eigenvalue weighted by molar-refractivity contribution is 9.10. The van der Waals surface area contributed by atoms with Crippen molar-refractivity contribution >= 4 is 21.8 Å². The topological polar surface area (TPSA) is 49.3 Å². The Kier molecular flexibility index (Phi) is 3.79. The monoisotopic (exact) mass is 301 g/mol. The van der Waals surface area contributed by atoms with Crippen LogP contribution in [0, 0.1) is 11.7 Å². The molecular weight excluding hydrogens is 289 g/mol. The van der Waals surface area contributed by atoms with Crippen LogP contribution in [0.2, 0.25) is 0 Å². The molecule has 1 fully saturated rings. The van der Waals surface area contributed by atoms with E-state index in [1.807, 2.05) is 0 Å². The number of nitrogens with one attached hydrogen (secondary N) is 1. The summed E-state index contributed by atoms with van der Waals surface area (Å²) in [5.41, 5.74) is 0.303. The van der Waals surface area contributed by atoms with Gasteiger partial charge in [0, 0.05) is 16.6 Å². The van der Waals surface area contributed by atoms with Crippen LogP contribution in [0.3, 0.4) is 0 Å². The van der Waals surface area contributed by atoms with Crippen LogP contribution < -0.4 is 5.32 Å². The van der Waals surface area contributed by atoms with E-state index in [1.54, 1.807) is 6.07 Å². The van der Waals surface area contributed by atoms with Gasteiger partial charge in [0.1, 0.15) is 5.82 Å². The summed E-state index contributed by atoms with van der Waals surface area (Å²) in [6.45, 7) is 0.532. The minimum absolute atomic E-state index is 0.222. The molecule has 0 aromatic heterocycles. The number of carbonyl (C=O) groups excluding carboxylic acids is 1. The lowest BCUT2D eigenvalue weighted by Gasteiger charge is -2.31. The van der Waals surface area contributed by atoms with Crippen LogP contribution in [-0.2, 0) is 0 Å². The highest BCUT2D eigenvalue weighted by Gasteiger charge is 2.27. The third kappa shape index (κ3) is 3.26. The van der Waals surface area contributed by atoms with E-state index < -0.39 is 5.82 Å². The van der Waals surface area contributed by atoms with Crippen molar-refractivity contribution in [3.05, 3.63) is 34.1 Å². The van der Waals surface area contributed by atoms with E-state index >= 15 is 0 Å². The lowest BCUT2D eigenvalue weighted by Crippen LogP contribution is -2.38. The maximum absolute atomic E-state index is 13.1. The van der Waals surface area contributed by atoms with Crippen LogP contribution in [0.25, 0.3) is 0 Å². The summed E-state index contributed by atoms with van der Waals surface area (Å²) in [6.07, 6.45) is 1.24. The maximum atomic E-state index is 13.1. The molecule has 2 N–H and O–H groups in total. The summed E-state index contributed by atoms with van der Waals surface area (Å²) in [4.78, 5) is 11.7. The molecule has 0 atom stereocenters. The Balaban J connectivity index is 1.90. The largest absolute Gasteiger partial charge is 0.393 e. The third-order valence-corrected chi connectivity index (χ3v) is 3.34. The van der Waals surface area contributed by atoms with E-state index in [0.29, 0.717) is 22.5 Å². The molecule has 1 aromatic carbocycles. The molecule has 3 nitrogen and oxygen atoms in total. The number of carbonyl (C=O) groups is 1. The summed E-state index contributed by atoms with van der Waals surface area (Å²) >= 11 is 3.14. The van der Waals surface area contributed by atoms with Crippen LogP contribution in [0.5, 0.6) is 0 Å². The standard InChI is InChI=1S/C12H13BrFNO2/c13-9-3-8(4-10(14)5-9)12(17)15-6-7-1-11(16)2-7/h3-5,7,11,16H,1-2,6H2,(H,15,17). The Morgan fingerprint density at radius 2 is 2.18 bits per heavy atom. The van der Waals surface area contributed by atoms with Gasteiger partial charge in [0.25, 0.3) is 5.91 Å². The second-order valence-corrected chi connectivity index (χ2v) is 5.28. The number of amides is 1. The van der Waals surface area contributed by atoms with Gasteiger partial charge >= 0.3 is 0 Å². The Morgan fingerprint density at radius 3 is 2.76 bits per heavy atom. The van der Waals surface area contributed by atoms with E-state index in [9.17, 15) is 9.18 Å². The van der Waals surface area contributed by atoms with Gasteiger partial charge in [-0.25, -0.2) is 4.39 Å². The highest BCUT2D eigenvalue weighted by atomic mass is 79.9. The first-order valence-corrected chi connectivity index (χ1v) is 6.26.